The number of likely N-dealkylation sites (N-methyl/N-ethyl adjacent to an activating group) is 2. The molecule has 0 aromatic carbocycles. The Morgan fingerprint density at radius 2 is 2.25 bits per heavy atom. The predicted molar refractivity (Wildman–Crippen MR) is 65.6 cm³/mol. The molecule has 0 saturated heterocycles. The number of rotatable bonds is 10. The highest BCUT2D eigenvalue weighted by molar-refractivity contribution is 4.72. The van der Waals surface area contributed by atoms with E-state index in [0.717, 1.165) is 38.8 Å². The maximum Gasteiger partial charge on any atom is 0.0597 e. The number of aliphatic hydroxyl groups is 1. The lowest BCUT2D eigenvalue weighted by molar-refractivity contribution is 0.0972. The quantitative estimate of drug-likeness (QED) is 0.530. The van der Waals surface area contributed by atoms with Crippen LogP contribution in [-0.2, 0) is 4.74 Å². The van der Waals surface area contributed by atoms with Gasteiger partial charge in [-0.2, -0.15) is 0 Å². The Balaban J connectivity index is 1.96. The molecule has 96 valence electrons. The molecular formula is C12H26N2O2. The van der Waals surface area contributed by atoms with Crippen molar-refractivity contribution in [1.82, 2.24) is 10.2 Å². The highest BCUT2D eigenvalue weighted by atomic mass is 16.5. The maximum absolute atomic E-state index is 9.14. The largest absolute Gasteiger partial charge is 0.395 e. The molecule has 1 unspecified atom stereocenters. The van der Waals surface area contributed by atoms with Crippen LogP contribution in [0.1, 0.15) is 19.8 Å². The Kier molecular flexibility index (Phi) is 6.96. The number of nitrogens with one attached hydrogen (secondary N) is 1. The minimum Gasteiger partial charge on any atom is -0.395 e. The number of nitrogens with zero attached hydrogens (tertiary/aromatic N) is 1. The number of hydrogen-bond acceptors (Lipinski definition) is 4. The van der Waals surface area contributed by atoms with E-state index < -0.39 is 0 Å². The van der Waals surface area contributed by atoms with Gasteiger partial charge in [0.05, 0.1) is 13.2 Å². The number of aliphatic hydroxyl groups excluding tert-OH is 1. The van der Waals surface area contributed by atoms with Gasteiger partial charge in [-0.25, -0.2) is 0 Å². The summed E-state index contributed by atoms with van der Waals surface area (Å²) in [5, 5.41) is 12.4. The minimum atomic E-state index is 0.179. The van der Waals surface area contributed by atoms with Crippen molar-refractivity contribution in [3.05, 3.63) is 0 Å². The van der Waals surface area contributed by atoms with Gasteiger partial charge in [-0.1, -0.05) is 6.92 Å². The van der Waals surface area contributed by atoms with Crippen molar-refractivity contribution in [2.75, 3.05) is 46.5 Å². The number of ether oxygens (including phenoxy) is 1. The molecule has 0 aromatic rings. The lowest BCUT2D eigenvalue weighted by Crippen LogP contribution is -2.42. The Morgan fingerprint density at radius 1 is 1.50 bits per heavy atom. The van der Waals surface area contributed by atoms with Crippen LogP contribution in [0.3, 0.4) is 0 Å². The molecule has 1 aliphatic rings. The number of hydrogen-bond donors (Lipinski definition) is 2. The van der Waals surface area contributed by atoms with Crippen LogP contribution in [-0.4, -0.2) is 62.6 Å². The summed E-state index contributed by atoms with van der Waals surface area (Å²) in [5.41, 5.74) is 0. The monoisotopic (exact) mass is 230 g/mol. The van der Waals surface area contributed by atoms with Gasteiger partial charge in [-0.15, -0.1) is 0 Å². The summed E-state index contributed by atoms with van der Waals surface area (Å²) in [6.45, 7) is 6.70. The van der Waals surface area contributed by atoms with Crippen LogP contribution in [0, 0.1) is 5.92 Å². The van der Waals surface area contributed by atoms with Crippen LogP contribution < -0.4 is 5.32 Å². The van der Waals surface area contributed by atoms with Gasteiger partial charge < -0.3 is 20.1 Å². The molecule has 4 nitrogen and oxygen atoms in total. The molecule has 0 heterocycles. The van der Waals surface area contributed by atoms with Crippen molar-refractivity contribution in [1.29, 1.82) is 0 Å². The summed E-state index contributed by atoms with van der Waals surface area (Å²) in [4.78, 5) is 2.20. The van der Waals surface area contributed by atoms with Crippen molar-refractivity contribution >= 4 is 0 Å². The van der Waals surface area contributed by atoms with Crippen LogP contribution in [0.2, 0.25) is 0 Å². The van der Waals surface area contributed by atoms with Crippen molar-refractivity contribution in [2.45, 2.75) is 25.8 Å². The van der Waals surface area contributed by atoms with E-state index in [0.29, 0.717) is 0 Å². The average molecular weight is 230 g/mol. The first kappa shape index (κ1) is 13.9. The highest BCUT2D eigenvalue weighted by Gasteiger charge is 2.21. The van der Waals surface area contributed by atoms with E-state index in [1.807, 2.05) is 0 Å². The van der Waals surface area contributed by atoms with Crippen LogP contribution in [0.4, 0.5) is 0 Å². The van der Waals surface area contributed by atoms with E-state index in [4.69, 9.17) is 9.84 Å². The Labute approximate surface area is 99.0 Å². The van der Waals surface area contributed by atoms with E-state index in [9.17, 15) is 0 Å². The molecule has 1 rings (SSSR count). The highest BCUT2D eigenvalue weighted by Crippen LogP contribution is 2.28. The van der Waals surface area contributed by atoms with Crippen molar-refractivity contribution in [2.24, 2.45) is 5.92 Å². The second kappa shape index (κ2) is 8.01. The molecule has 0 amide bonds. The first-order chi connectivity index (χ1) is 7.76. The zero-order valence-corrected chi connectivity index (χ0v) is 10.6. The molecule has 1 atom stereocenters. The average Bonchev–Trinajstić information content (AvgIpc) is 3.07. The summed E-state index contributed by atoms with van der Waals surface area (Å²) in [6, 6.07) is 0.179. The molecule has 0 aliphatic heterocycles. The van der Waals surface area contributed by atoms with E-state index in [1.54, 1.807) is 0 Å². The third kappa shape index (κ3) is 6.43. The van der Waals surface area contributed by atoms with Gasteiger partial charge in [-0.3, -0.25) is 0 Å². The molecule has 4 heteroatoms. The fourth-order valence-corrected chi connectivity index (χ4v) is 1.70. The normalized spacial score (nSPS) is 18.0. The second-order valence-corrected chi connectivity index (χ2v) is 4.72. The molecule has 0 spiro atoms. The van der Waals surface area contributed by atoms with Gasteiger partial charge >= 0.3 is 0 Å². The lowest BCUT2D eigenvalue weighted by Gasteiger charge is -2.23. The van der Waals surface area contributed by atoms with Crippen LogP contribution in [0.5, 0.6) is 0 Å². The van der Waals surface area contributed by atoms with Crippen LogP contribution in [0.25, 0.3) is 0 Å². The van der Waals surface area contributed by atoms with Crippen LogP contribution in [0.15, 0.2) is 0 Å². The molecule has 1 aliphatic carbocycles. The second-order valence-electron chi connectivity index (χ2n) is 4.72. The van der Waals surface area contributed by atoms with Gasteiger partial charge in [0.25, 0.3) is 0 Å². The van der Waals surface area contributed by atoms with E-state index in [1.165, 1.54) is 12.8 Å². The summed E-state index contributed by atoms with van der Waals surface area (Å²) < 4.78 is 5.58. The Bertz CT molecular complexity index is 174. The molecule has 0 bridgehead atoms. The molecule has 1 fully saturated rings. The fraction of sp³-hybridized carbons (Fsp3) is 1.00. The van der Waals surface area contributed by atoms with Gasteiger partial charge in [0.2, 0.25) is 0 Å². The van der Waals surface area contributed by atoms with E-state index in [2.05, 4.69) is 24.2 Å². The molecule has 1 saturated carbocycles. The smallest absolute Gasteiger partial charge is 0.0597 e. The SMILES string of the molecule is CCNC(CO)CN(C)CCOCC1CC1. The standard InChI is InChI=1S/C12H26N2O2/c1-3-13-12(9-15)8-14(2)6-7-16-10-11-4-5-11/h11-13,15H,3-10H2,1-2H3. The Morgan fingerprint density at radius 3 is 2.81 bits per heavy atom. The van der Waals surface area contributed by atoms with Crippen LogP contribution >= 0.6 is 0 Å². The van der Waals surface area contributed by atoms with Gasteiger partial charge in [0, 0.05) is 25.7 Å². The van der Waals surface area contributed by atoms with Gasteiger partial charge in [0.15, 0.2) is 0 Å². The molecule has 16 heavy (non-hydrogen) atoms. The van der Waals surface area contributed by atoms with E-state index >= 15 is 0 Å². The topological polar surface area (TPSA) is 44.7 Å². The molecule has 2 N–H and O–H groups in total. The zero-order valence-electron chi connectivity index (χ0n) is 10.6. The first-order valence-electron chi connectivity index (χ1n) is 6.36. The van der Waals surface area contributed by atoms with E-state index in [-0.39, 0.29) is 12.6 Å². The van der Waals surface area contributed by atoms with Gasteiger partial charge in [-0.05, 0) is 32.4 Å². The van der Waals surface area contributed by atoms with Gasteiger partial charge in [0.1, 0.15) is 0 Å². The summed E-state index contributed by atoms with van der Waals surface area (Å²) in [6.07, 6.45) is 2.70. The lowest BCUT2D eigenvalue weighted by atomic mass is 10.3. The first-order valence-corrected chi connectivity index (χ1v) is 6.36. The summed E-state index contributed by atoms with van der Waals surface area (Å²) in [7, 11) is 2.07. The predicted octanol–water partition coefficient (Wildman–Crippen LogP) is 0.315. The molecule has 0 radical (unpaired) electrons. The zero-order chi connectivity index (χ0) is 11.8. The molecular weight excluding hydrogens is 204 g/mol. The van der Waals surface area contributed by atoms with Crippen molar-refractivity contribution in [3.63, 3.8) is 0 Å². The third-order valence-electron chi connectivity index (χ3n) is 2.91. The van der Waals surface area contributed by atoms with Crippen molar-refractivity contribution < 1.29 is 9.84 Å². The minimum absolute atomic E-state index is 0.179. The third-order valence-corrected chi connectivity index (χ3v) is 2.91. The Hall–Kier alpha value is -0.160. The maximum atomic E-state index is 9.14. The summed E-state index contributed by atoms with van der Waals surface area (Å²) >= 11 is 0. The fourth-order valence-electron chi connectivity index (χ4n) is 1.70. The molecule has 0 aromatic heterocycles. The summed E-state index contributed by atoms with van der Waals surface area (Å²) in [5.74, 6) is 0.845. The van der Waals surface area contributed by atoms with Crippen molar-refractivity contribution in [3.8, 4) is 0 Å².